The first-order valence-electron chi connectivity index (χ1n) is 4.73. The molecule has 84 valence electrons. The van der Waals surface area contributed by atoms with Gasteiger partial charge in [0.25, 0.3) is 0 Å². The van der Waals surface area contributed by atoms with Crippen LogP contribution in [0.3, 0.4) is 0 Å². The van der Waals surface area contributed by atoms with Crippen molar-refractivity contribution < 1.29 is 0 Å². The quantitative estimate of drug-likeness (QED) is 0.564. The molecule has 0 N–H and O–H groups in total. The summed E-state index contributed by atoms with van der Waals surface area (Å²) in [4.78, 5) is 1.52. The molecule has 1 atom stereocenters. The summed E-state index contributed by atoms with van der Waals surface area (Å²) in [6, 6.07) is 10.3. The van der Waals surface area contributed by atoms with Gasteiger partial charge in [0.05, 0.1) is 8.61 Å². The lowest BCUT2D eigenvalue weighted by Gasteiger charge is -2.09. The molecule has 0 aliphatic heterocycles. The highest BCUT2D eigenvalue weighted by Gasteiger charge is 2.13. The van der Waals surface area contributed by atoms with Crippen molar-refractivity contribution in [2.24, 2.45) is 0 Å². The normalized spacial score (nSPS) is 12.8. The van der Waals surface area contributed by atoms with Gasteiger partial charge in [0.15, 0.2) is 0 Å². The zero-order valence-corrected chi connectivity index (χ0v) is 13.3. The molecule has 0 spiro atoms. The molecule has 0 aliphatic carbocycles. The number of hydrogen-bond acceptors (Lipinski definition) is 1. The fourth-order valence-corrected chi connectivity index (χ4v) is 3.72. The number of aryl methyl sites for hydroxylation is 1. The van der Waals surface area contributed by atoms with E-state index in [0.717, 1.165) is 14.4 Å². The zero-order valence-electron chi connectivity index (χ0n) is 8.51. The van der Waals surface area contributed by atoms with Crippen LogP contribution in [0, 0.1) is 6.92 Å². The third-order valence-electron chi connectivity index (χ3n) is 2.32. The molecule has 0 fully saturated rings. The third-order valence-corrected chi connectivity index (χ3v) is 5.76. The van der Waals surface area contributed by atoms with E-state index in [9.17, 15) is 0 Å². The molecule has 0 amide bonds. The molecule has 4 heteroatoms. The molecule has 1 aromatic heterocycles. The lowest BCUT2D eigenvalue weighted by Crippen LogP contribution is -1.90. The Morgan fingerprint density at radius 1 is 1.25 bits per heavy atom. The van der Waals surface area contributed by atoms with Gasteiger partial charge < -0.3 is 0 Å². The summed E-state index contributed by atoms with van der Waals surface area (Å²) in [5, 5.41) is 0.816. The molecule has 0 saturated carbocycles. The maximum atomic E-state index is 6.02. The first kappa shape index (κ1) is 12.6. The molecular formula is C12H9Br2ClS. The summed E-state index contributed by atoms with van der Waals surface area (Å²) in [7, 11) is 0. The van der Waals surface area contributed by atoms with Gasteiger partial charge in [-0.25, -0.2) is 0 Å². The van der Waals surface area contributed by atoms with Gasteiger partial charge in [-0.05, 0) is 52.2 Å². The zero-order chi connectivity index (χ0) is 11.7. The van der Waals surface area contributed by atoms with Crippen LogP contribution in [0.4, 0.5) is 0 Å². The maximum Gasteiger partial charge on any atom is 0.0738 e. The van der Waals surface area contributed by atoms with E-state index in [1.807, 2.05) is 13.0 Å². The predicted molar refractivity (Wildman–Crippen MR) is 79.0 cm³/mol. The third kappa shape index (κ3) is 2.70. The topological polar surface area (TPSA) is 0 Å². The van der Waals surface area contributed by atoms with E-state index in [-0.39, 0.29) is 4.83 Å². The van der Waals surface area contributed by atoms with Gasteiger partial charge in [-0.3, -0.25) is 0 Å². The van der Waals surface area contributed by atoms with Crippen LogP contribution < -0.4 is 0 Å². The van der Waals surface area contributed by atoms with E-state index in [1.54, 1.807) is 11.3 Å². The molecule has 1 heterocycles. The lowest BCUT2D eigenvalue weighted by molar-refractivity contribution is 1.21. The molecule has 16 heavy (non-hydrogen) atoms. The van der Waals surface area contributed by atoms with E-state index in [4.69, 9.17) is 11.6 Å². The molecule has 0 aliphatic rings. The minimum atomic E-state index is 0.236. The summed E-state index contributed by atoms with van der Waals surface area (Å²) in [6.45, 7) is 2.02. The van der Waals surface area contributed by atoms with Crippen molar-refractivity contribution in [1.82, 2.24) is 0 Å². The molecule has 0 radical (unpaired) electrons. The van der Waals surface area contributed by atoms with E-state index >= 15 is 0 Å². The second kappa shape index (κ2) is 5.21. The van der Waals surface area contributed by atoms with Gasteiger partial charge in [0, 0.05) is 9.90 Å². The molecule has 2 rings (SSSR count). The Morgan fingerprint density at radius 3 is 2.56 bits per heavy atom. The first-order chi connectivity index (χ1) is 7.58. The Bertz CT molecular complexity index is 507. The van der Waals surface area contributed by atoms with Gasteiger partial charge in [-0.1, -0.05) is 39.7 Å². The molecule has 0 bridgehead atoms. The van der Waals surface area contributed by atoms with E-state index in [1.165, 1.54) is 10.4 Å². The molecule has 0 nitrogen and oxygen atoms in total. The van der Waals surface area contributed by atoms with Crippen LogP contribution in [0.15, 0.2) is 34.1 Å². The summed E-state index contributed by atoms with van der Waals surface area (Å²) >= 11 is 14.9. The largest absolute Gasteiger partial charge is 0.132 e. The molecule has 0 saturated heterocycles. The van der Waals surface area contributed by atoms with Crippen LogP contribution in [0.2, 0.25) is 5.02 Å². The summed E-state index contributed by atoms with van der Waals surface area (Å²) in [5.74, 6) is 0. The van der Waals surface area contributed by atoms with Gasteiger partial charge in [-0.2, -0.15) is 0 Å². The second-order valence-corrected chi connectivity index (χ2v) is 7.33. The molecule has 1 aromatic carbocycles. The van der Waals surface area contributed by atoms with Crippen LogP contribution in [-0.4, -0.2) is 0 Å². The number of hydrogen-bond donors (Lipinski definition) is 0. The lowest BCUT2D eigenvalue weighted by atomic mass is 10.1. The summed E-state index contributed by atoms with van der Waals surface area (Å²) in [6.07, 6.45) is 0. The second-order valence-electron chi connectivity index (χ2n) is 3.51. The van der Waals surface area contributed by atoms with Gasteiger partial charge in [-0.15, -0.1) is 11.3 Å². The minimum absolute atomic E-state index is 0.236. The van der Waals surface area contributed by atoms with E-state index < -0.39 is 0 Å². The maximum absolute atomic E-state index is 6.02. The highest BCUT2D eigenvalue weighted by Crippen LogP contribution is 2.37. The van der Waals surface area contributed by atoms with Crippen LogP contribution in [0.25, 0.3) is 0 Å². The van der Waals surface area contributed by atoms with Gasteiger partial charge in [0.1, 0.15) is 0 Å². The van der Waals surface area contributed by atoms with Crippen molar-refractivity contribution >= 4 is 54.8 Å². The van der Waals surface area contributed by atoms with Crippen molar-refractivity contribution in [3.05, 3.63) is 55.1 Å². The average Bonchev–Trinajstić information content (AvgIpc) is 2.68. The summed E-state index contributed by atoms with van der Waals surface area (Å²) < 4.78 is 1.15. The average molecular weight is 381 g/mol. The number of benzene rings is 1. The molecule has 1 unspecified atom stereocenters. The molecular weight excluding hydrogens is 371 g/mol. The monoisotopic (exact) mass is 378 g/mol. The summed E-state index contributed by atoms with van der Waals surface area (Å²) in [5.41, 5.74) is 2.34. The number of thiophene rings is 1. The van der Waals surface area contributed by atoms with Crippen LogP contribution in [0.1, 0.15) is 20.8 Å². The fraction of sp³-hybridized carbons (Fsp3) is 0.167. The standard InChI is InChI=1S/C12H9Br2ClS/c1-7-6-8(2-3-9(7)15)12(14)10-4-5-11(13)16-10/h2-6,12H,1H3. The highest BCUT2D eigenvalue weighted by molar-refractivity contribution is 9.11. The predicted octanol–water partition coefficient (Wildman–Crippen LogP) is 5.96. The Hall–Kier alpha value is 0.170. The Kier molecular flexibility index (Phi) is 4.11. The van der Waals surface area contributed by atoms with Crippen molar-refractivity contribution in [3.8, 4) is 0 Å². The van der Waals surface area contributed by atoms with Gasteiger partial charge in [0.2, 0.25) is 0 Å². The fourth-order valence-electron chi connectivity index (χ4n) is 1.45. The SMILES string of the molecule is Cc1cc(C(Br)c2ccc(Br)s2)ccc1Cl. The van der Waals surface area contributed by atoms with Crippen molar-refractivity contribution in [1.29, 1.82) is 0 Å². The molecule has 2 aromatic rings. The van der Waals surface area contributed by atoms with Crippen LogP contribution in [0.5, 0.6) is 0 Å². The highest BCUT2D eigenvalue weighted by atomic mass is 79.9. The van der Waals surface area contributed by atoms with E-state index in [2.05, 4.69) is 56.1 Å². The first-order valence-corrected chi connectivity index (χ1v) is 7.63. The van der Waals surface area contributed by atoms with Crippen molar-refractivity contribution in [2.45, 2.75) is 11.8 Å². The van der Waals surface area contributed by atoms with Crippen LogP contribution in [-0.2, 0) is 0 Å². The number of rotatable bonds is 2. The Labute approximate surface area is 121 Å². The smallest absolute Gasteiger partial charge is 0.0738 e. The Balaban J connectivity index is 2.33. The Morgan fingerprint density at radius 2 is 2.00 bits per heavy atom. The van der Waals surface area contributed by atoms with Crippen molar-refractivity contribution in [2.75, 3.05) is 0 Å². The number of halogens is 3. The van der Waals surface area contributed by atoms with Gasteiger partial charge >= 0.3 is 0 Å². The van der Waals surface area contributed by atoms with E-state index in [0.29, 0.717) is 0 Å². The van der Waals surface area contributed by atoms with Crippen LogP contribution >= 0.6 is 54.8 Å². The van der Waals surface area contributed by atoms with Crippen molar-refractivity contribution in [3.63, 3.8) is 0 Å². The minimum Gasteiger partial charge on any atom is -0.132 e. The number of alkyl halides is 1.